The summed E-state index contributed by atoms with van der Waals surface area (Å²) >= 11 is 0. The molecular weight excluding hydrogens is 396 g/mol. The monoisotopic (exact) mass is 414 g/mol. The van der Waals surface area contributed by atoms with Crippen molar-refractivity contribution in [2.45, 2.75) is 0 Å². The first kappa shape index (κ1) is 21.1. The van der Waals surface area contributed by atoms with E-state index in [1.54, 1.807) is 48.5 Å². The predicted octanol–water partition coefficient (Wildman–Crippen LogP) is 3.69. The van der Waals surface area contributed by atoms with E-state index in [0.29, 0.717) is 16.9 Å². The molecule has 0 saturated carbocycles. The van der Waals surface area contributed by atoms with E-state index >= 15 is 0 Å². The van der Waals surface area contributed by atoms with Crippen molar-refractivity contribution >= 4 is 34.6 Å². The number of terminal acetylenes is 1. The lowest BCUT2D eigenvalue weighted by Crippen LogP contribution is -2.32. The molecule has 3 rings (SSSR count). The summed E-state index contributed by atoms with van der Waals surface area (Å²) in [5.74, 6) is 1.40. The topological polar surface area (TPSA) is 113 Å². The lowest BCUT2D eigenvalue weighted by Gasteiger charge is -2.10. The fourth-order valence-electron chi connectivity index (χ4n) is 2.76. The van der Waals surface area contributed by atoms with Gasteiger partial charge in [0.2, 0.25) is 5.91 Å². The van der Waals surface area contributed by atoms with Gasteiger partial charge in [-0.3, -0.25) is 19.7 Å². The second-order valence-corrected chi connectivity index (χ2v) is 6.44. The van der Waals surface area contributed by atoms with Gasteiger partial charge in [-0.25, -0.2) is 0 Å². The lowest BCUT2D eigenvalue weighted by atomic mass is 10.1. The molecule has 0 saturated heterocycles. The minimum Gasteiger partial charge on any atom is -0.350 e. The summed E-state index contributed by atoms with van der Waals surface area (Å²) in [6, 6.07) is 19.7. The molecule has 0 unspecified atom stereocenters. The number of para-hydroxylation sites is 1. The highest BCUT2D eigenvalue weighted by molar-refractivity contribution is 6.00. The van der Waals surface area contributed by atoms with Gasteiger partial charge in [0.25, 0.3) is 11.6 Å². The Morgan fingerprint density at radius 1 is 0.968 bits per heavy atom. The molecular formula is C23H18N4O4. The zero-order chi connectivity index (χ0) is 22.2. The molecule has 31 heavy (non-hydrogen) atoms. The Hall–Kier alpha value is -4.64. The largest absolute Gasteiger partial charge is 0.350 e. The molecule has 0 radical (unpaired) electrons. The third kappa shape index (κ3) is 5.68. The van der Waals surface area contributed by atoms with Crippen LogP contribution in [-0.2, 0) is 4.79 Å². The summed E-state index contributed by atoms with van der Waals surface area (Å²) in [6.07, 6.45) is 5.33. The highest BCUT2D eigenvalue weighted by atomic mass is 16.6. The zero-order valence-corrected chi connectivity index (χ0v) is 16.3. The summed E-state index contributed by atoms with van der Waals surface area (Å²) in [6.45, 7) is -0.309. The van der Waals surface area contributed by atoms with Crippen LogP contribution in [-0.4, -0.2) is 23.3 Å². The van der Waals surface area contributed by atoms with Gasteiger partial charge in [0.1, 0.15) is 5.69 Å². The van der Waals surface area contributed by atoms with Gasteiger partial charge in [-0.05, 0) is 42.5 Å². The van der Waals surface area contributed by atoms with Crippen LogP contribution in [0.25, 0.3) is 0 Å². The fourth-order valence-corrected chi connectivity index (χ4v) is 2.76. The van der Waals surface area contributed by atoms with E-state index in [4.69, 9.17) is 6.42 Å². The Balaban J connectivity index is 1.65. The van der Waals surface area contributed by atoms with Crippen molar-refractivity contribution in [3.8, 4) is 12.3 Å². The molecule has 3 aromatic rings. The highest BCUT2D eigenvalue weighted by Gasteiger charge is 2.18. The predicted molar refractivity (Wildman–Crippen MR) is 118 cm³/mol. The summed E-state index contributed by atoms with van der Waals surface area (Å²) in [5.41, 5.74) is 1.84. The Morgan fingerprint density at radius 2 is 1.71 bits per heavy atom. The number of carbonyl (C=O) groups excluding carboxylic acids is 2. The van der Waals surface area contributed by atoms with E-state index in [2.05, 4.69) is 21.9 Å². The SMILES string of the molecule is C#Cc1cccc(NC(=O)CNC(=O)c2ccc(Nc3ccccc3)c([N+](=O)[O-])c2)c1. The standard InChI is InChI=1S/C23H18N4O4/c1-2-16-7-6-10-19(13-16)26-22(28)15-24-23(29)17-11-12-20(21(14-17)27(30)31)25-18-8-4-3-5-9-18/h1,3-14,25H,15H2,(H,24,29)(H,26,28). The Labute approximate surface area is 178 Å². The molecule has 3 N–H and O–H groups in total. The molecule has 8 heteroatoms. The molecule has 3 aromatic carbocycles. The van der Waals surface area contributed by atoms with Crippen LogP contribution in [0.15, 0.2) is 72.8 Å². The molecule has 0 aliphatic rings. The summed E-state index contributed by atoms with van der Waals surface area (Å²) in [7, 11) is 0. The van der Waals surface area contributed by atoms with Crippen molar-refractivity contribution in [1.82, 2.24) is 5.32 Å². The van der Waals surface area contributed by atoms with Gasteiger partial charge in [-0.15, -0.1) is 6.42 Å². The maximum absolute atomic E-state index is 12.4. The molecule has 8 nitrogen and oxygen atoms in total. The van der Waals surface area contributed by atoms with E-state index in [-0.39, 0.29) is 23.5 Å². The molecule has 0 spiro atoms. The third-order valence-corrected chi connectivity index (χ3v) is 4.23. The average Bonchev–Trinajstić information content (AvgIpc) is 2.78. The Morgan fingerprint density at radius 3 is 2.42 bits per heavy atom. The van der Waals surface area contributed by atoms with Crippen LogP contribution in [0.2, 0.25) is 0 Å². The second kappa shape index (κ2) is 9.71. The van der Waals surface area contributed by atoms with Crippen molar-refractivity contribution in [1.29, 1.82) is 0 Å². The maximum Gasteiger partial charge on any atom is 0.293 e. The number of carbonyl (C=O) groups is 2. The quantitative estimate of drug-likeness (QED) is 0.310. The van der Waals surface area contributed by atoms with Crippen molar-refractivity contribution in [3.63, 3.8) is 0 Å². The number of nitro groups is 1. The number of amides is 2. The number of anilines is 3. The molecule has 0 aromatic heterocycles. The highest BCUT2D eigenvalue weighted by Crippen LogP contribution is 2.28. The van der Waals surface area contributed by atoms with E-state index in [1.807, 2.05) is 6.07 Å². The van der Waals surface area contributed by atoms with Crippen molar-refractivity contribution < 1.29 is 14.5 Å². The van der Waals surface area contributed by atoms with Gasteiger partial charge in [0.05, 0.1) is 11.5 Å². The first-order valence-electron chi connectivity index (χ1n) is 9.21. The molecule has 0 aliphatic carbocycles. The molecule has 0 atom stereocenters. The summed E-state index contributed by atoms with van der Waals surface area (Å²) < 4.78 is 0. The number of nitrogens with zero attached hydrogens (tertiary/aromatic N) is 1. The van der Waals surface area contributed by atoms with Crippen LogP contribution in [0.1, 0.15) is 15.9 Å². The van der Waals surface area contributed by atoms with Crippen LogP contribution in [0.4, 0.5) is 22.7 Å². The normalized spacial score (nSPS) is 9.90. The number of hydrogen-bond donors (Lipinski definition) is 3. The van der Waals surface area contributed by atoms with Crippen LogP contribution >= 0.6 is 0 Å². The number of rotatable bonds is 7. The lowest BCUT2D eigenvalue weighted by molar-refractivity contribution is -0.383. The van der Waals surface area contributed by atoms with E-state index in [1.165, 1.54) is 12.1 Å². The molecule has 0 aliphatic heterocycles. The van der Waals surface area contributed by atoms with Gasteiger partial charge < -0.3 is 16.0 Å². The molecule has 154 valence electrons. The minimum atomic E-state index is -0.609. The first-order valence-corrected chi connectivity index (χ1v) is 9.21. The Bertz CT molecular complexity index is 1170. The number of hydrogen-bond acceptors (Lipinski definition) is 5. The summed E-state index contributed by atoms with van der Waals surface area (Å²) in [5, 5.41) is 19.5. The van der Waals surface area contributed by atoms with Crippen molar-refractivity contribution in [2.24, 2.45) is 0 Å². The number of nitro benzene ring substituents is 1. The van der Waals surface area contributed by atoms with Crippen LogP contribution in [0.5, 0.6) is 0 Å². The zero-order valence-electron chi connectivity index (χ0n) is 16.3. The number of nitrogens with one attached hydrogen (secondary N) is 3. The van der Waals surface area contributed by atoms with Gasteiger partial charge in [0, 0.05) is 28.6 Å². The first-order chi connectivity index (χ1) is 15.0. The third-order valence-electron chi connectivity index (χ3n) is 4.23. The van der Waals surface area contributed by atoms with E-state index in [0.717, 1.165) is 6.07 Å². The van der Waals surface area contributed by atoms with Gasteiger partial charge in [0.15, 0.2) is 0 Å². The van der Waals surface area contributed by atoms with Gasteiger partial charge in [-0.1, -0.05) is 30.2 Å². The Kier molecular flexibility index (Phi) is 6.60. The minimum absolute atomic E-state index is 0.0624. The maximum atomic E-state index is 12.4. The van der Waals surface area contributed by atoms with Crippen molar-refractivity contribution in [3.05, 3.63) is 94.0 Å². The fraction of sp³-hybridized carbons (Fsp3) is 0.0435. The summed E-state index contributed by atoms with van der Waals surface area (Å²) in [4.78, 5) is 35.4. The average molecular weight is 414 g/mol. The second-order valence-electron chi connectivity index (χ2n) is 6.44. The molecule has 2 amide bonds. The van der Waals surface area contributed by atoms with Crippen LogP contribution < -0.4 is 16.0 Å². The van der Waals surface area contributed by atoms with Gasteiger partial charge in [-0.2, -0.15) is 0 Å². The molecule has 0 bridgehead atoms. The molecule has 0 heterocycles. The van der Waals surface area contributed by atoms with Crippen LogP contribution in [0, 0.1) is 22.5 Å². The van der Waals surface area contributed by atoms with Crippen LogP contribution in [0.3, 0.4) is 0 Å². The van der Waals surface area contributed by atoms with E-state index < -0.39 is 16.7 Å². The van der Waals surface area contributed by atoms with E-state index in [9.17, 15) is 19.7 Å². The van der Waals surface area contributed by atoms with Crippen molar-refractivity contribution in [2.75, 3.05) is 17.2 Å². The molecule has 0 fully saturated rings. The smallest absolute Gasteiger partial charge is 0.293 e. The number of benzene rings is 3. The van der Waals surface area contributed by atoms with Gasteiger partial charge >= 0.3 is 0 Å².